The molecule has 27 heavy (non-hydrogen) atoms. The van der Waals surface area contributed by atoms with E-state index < -0.39 is 11.8 Å². The van der Waals surface area contributed by atoms with Crippen LogP contribution in [0.3, 0.4) is 0 Å². The van der Waals surface area contributed by atoms with Crippen LogP contribution in [-0.4, -0.2) is 41.0 Å². The summed E-state index contributed by atoms with van der Waals surface area (Å²) < 4.78 is 0. The molecule has 1 aliphatic carbocycles. The van der Waals surface area contributed by atoms with Crippen molar-refractivity contribution in [3.63, 3.8) is 0 Å². The van der Waals surface area contributed by atoms with E-state index in [4.69, 9.17) is 0 Å². The molecule has 0 aromatic heterocycles. The van der Waals surface area contributed by atoms with Crippen LogP contribution in [0.1, 0.15) is 74.6 Å². The van der Waals surface area contributed by atoms with Crippen LogP contribution in [0.4, 0.5) is 0 Å². The molecule has 0 radical (unpaired) electrons. The Bertz CT molecular complexity index is 672. The zero-order valence-corrected chi connectivity index (χ0v) is 16.4. The molecule has 148 valence electrons. The smallest absolute Gasteiger partial charge is 0.312 e. The van der Waals surface area contributed by atoms with Gasteiger partial charge >= 0.3 is 11.8 Å². The summed E-state index contributed by atoms with van der Waals surface area (Å²) in [4.78, 5) is 27.1. The number of likely N-dealkylation sites (tertiary alicyclic amines) is 1. The normalized spacial score (nSPS) is 20.7. The first-order valence-corrected chi connectivity index (χ1v) is 10.5. The maximum atomic E-state index is 12.7. The molecule has 3 rings (SSSR count). The van der Waals surface area contributed by atoms with Gasteiger partial charge in [-0.15, -0.1) is 0 Å². The van der Waals surface area contributed by atoms with Gasteiger partial charge in [0.05, 0.1) is 6.04 Å². The van der Waals surface area contributed by atoms with Gasteiger partial charge in [-0.2, -0.15) is 0 Å². The van der Waals surface area contributed by atoms with Crippen molar-refractivity contribution in [2.75, 3.05) is 13.2 Å². The highest BCUT2D eigenvalue weighted by Gasteiger charge is 2.31. The fraction of sp³-hybridized carbons (Fsp3) is 0.636. The third kappa shape index (κ3) is 4.70. The van der Waals surface area contributed by atoms with Crippen LogP contribution < -0.4 is 5.32 Å². The predicted octanol–water partition coefficient (Wildman–Crippen LogP) is 2.90. The number of piperidine rings is 1. The monoisotopic (exact) mass is 372 g/mol. The van der Waals surface area contributed by atoms with Crippen molar-refractivity contribution < 1.29 is 14.7 Å². The second-order valence-corrected chi connectivity index (χ2v) is 7.83. The summed E-state index contributed by atoms with van der Waals surface area (Å²) in [5.41, 5.74) is 3.89. The number of carbonyl (C=O) groups is 2. The second-order valence-electron chi connectivity index (χ2n) is 7.83. The van der Waals surface area contributed by atoms with E-state index in [0.717, 1.165) is 44.1 Å². The van der Waals surface area contributed by atoms with Gasteiger partial charge in [0.25, 0.3) is 0 Å². The Morgan fingerprint density at radius 2 is 1.96 bits per heavy atom. The summed E-state index contributed by atoms with van der Waals surface area (Å²) >= 11 is 0. The van der Waals surface area contributed by atoms with Crippen molar-refractivity contribution in [2.24, 2.45) is 0 Å². The van der Waals surface area contributed by atoms with Crippen LogP contribution in [-0.2, 0) is 22.4 Å². The van der Waals surface area contributed by atoms with Crippen molar-refractivity contribution in [1.82, 2.24) is 10.2 Å². The highest BCUT2D eigenvalue weighted by atomic mass is 16.3. The number of amides is 2. The van der Waals surface area contributed by atoms with Gasteiger partial charge in [-0.05, 0) is 74.5 Å². The van der Waals surface area contributed by atoms with Crippen molar-refractivity contribution in [3.8, 4) is 0 Å². The average Bonchev–Trinajstić information content (AvgIpc) is 2.71. The number of aliphatic hydroxyl groups excluding tert-OH is 1. The Labute approximate surface area is 162 Å². The minimum Gasteiger partial charge on any atom is -0.396 e. The predicted molar refractivity (Wildman–Crippen MR) is 105 cm³/mol. The summed E-state index contributed by atoms with van der Waals surface area (Å²) in [7, 11) is 0. The van der Waals surface area contributed by atoms with Crippen LogP contribution in [0.2, 0.25) is 0 Å². The van der Waals surface area contributed by atoms with Gasteiger partial charge in [0.15, 0.2) is 0 Å². The van der Waals surface area contributed by atoms with E-state index in [0.29, 0.717) is 13.0 Å². The first-order chi connectivity index (χ1) is 13.1. The first kappa shape index (κ1) is 19.9. The lowest BCUT2D eigenvalue weighted by Crippen LogP contribution is -2.50. The Hall–Kier alpha value is -1.88. The molecule has 2 N–H and O–H groups in total. The van der Waals surface area contributed by atoms with Crippen molar-refractivity contribution in [1.29, 1.82) is 0 Å². The number of hydrogen-bond donors (Lipinski definition) is 2. The number of aliphatic hydroxyl groups is 1. The van der Waals surface area contributed by atoms with Crippen LogP contribution in [0.25, 0.3) is 0 Å². The summed E-state index contributed by atoms with van der Waals surface area (Å²) in [6.07, 6.45) is 8.83. The lowest BCUT2D eigenvalue weighted by Gasteiger charge is -2.35. The maximum absolute atomic E-state index is 12.7. The number of nitrogens with one attached hydrogen (secondary N) is 1. The molecular formula is C22H32N2O3. The van der Waals surface area contributed by atoms with E-state index in [9.17, 15) is 14.7 Å². The number of benzene rings is 1. The number of fused-ring (bicyclic) bond motifs is 1. The minimum atomic E-state index is -0.524. The van der Waals surface area contributed by atoms with Crippen LogP contribution >= 0.6 is 0 Å². The molecule has 2 aliphatic rings. The van der Waals surface area contributed by atoms with E-state index in [1.165, 1.54) is 24.0 Å². The lowest BCUT2D eigenvalue weighted by molar-refractivity contribution is -0.149. The fourth-order valence-corrected chi connectivity index (χ4v) is 4.46. The number of hydrogen-bond acceptors (Lipinski definition) is 3. The highest BCUT2D eigenvalue weighted by Crippen LogP contribution is 2.26. The molecule has 1 aromatic carbocycles. The quantitative estimate of drug-likeness (QED) is 0.781. The molecule has 2 atom stereocenters. The van der Waals surface area contributed by atoms with Crippen molar-refractivity contribution >= 4 is 11.8 Å². The van der Waals surface area contributed by atoms with E-state index in [1.807, 2.05) is 6.92 Å². The van der Waals surface area contributed by atoms with Gasteiger partial charge in [0.2, 0.25) is 0 Å². The molecule has 1 fully saturated rings. The standard InChI is InChI=1S/C22H32N2O3/c1-2-20(18-11-10-16-7-3-4-8-17(16)15-18)23-21(26)22(27)24-13-6-5-9-19(24)12-14-25/h10-11,15,19-20,25H,2-9,12-14H2,1H3,(H,23,26). The Morgan fingerprint density at radius 1 is 1.19 bits per heavy atom. The van der Waals surface area contributed by atoms with Crippen molar-refractivity contribution in [3.05, 3.63) is 34.9 Å². The van der Waals surface area contributed by atoms with Crippen molar-refractivity contribution in [2.45, 2.75) is 76.8 Å². The number of aryl methyl sites for hydroxylation is 2. The van der Waals surface area contributed by atoms with E-state index in [2.05, 4.69) is 23.5 Å². The van der Waals surface area contributed by atoms with Gasteiger partial charge in [-0.3, -0.25) is 9.59 Å². The molecule has 0 spiro atoms. The summed E-state index contributed by atoms with van der Waals surface area (Å²) in [6, 6.07) is 6.32. The lowest BCUT2D eigenvalue weighted by atomic mass is 9.89. The number of rotatable bonds is 5. The Balaban J connectivity index is 1.68. The molecule has 5 nitrogen and oxygen atoms in total. The molecule has 2 amide bonds. The van der Waals surface area contributed by atoms with Crippen LogP contribution in [0.15, 0.2) is 18.2 Å². The molecule has 1 heterocycles. The average molecular weight is 373 g/mol. The zero-order valence-electron chi connectivity index (χ0n) is 16.4. The largest absolute Gasteiger partial charge is 0.396 e. The Morgan fingerprint density at radius 3 is 2.70 bits per heavy atom. The number of nitrogens with zero attached hydrogens (tertiary/aromatic N) is 1. The fourth-order valence-electron chi connectivity index (χ4n) is 4.46. The molecule has 0 saturated carbocycles. The van der Waals surface area contributed by atoms with Crippen LogP contribution in [0.5, 0.6) is 0 Å². The summed E-state index contributed by atoms with van der Waals surface area (Å²) in [5, 5.41) is 12.2. The van der Waals surface area contributed by atoms with E-state index in [1.54, 1.807) is 4.90 Å². The van der Waals surface area contributed by atoms with E-state index >= 15 is 0 Å². The SMILES string of the molecule is CCC(NC(=O)C(=O)N1CCCCC1CCO)c1ccc2c(c1)CCCC2. The van der Waals surface area contributed by atoms with Crippen LogP contribution in [0, 0.1) is 0 Å². The van der Waals surface area contributed by atoms with Gasteiger partial charge < -0.3 is 15.3 Å². The highest BCUT2D eigenvalue weighted by molar-refractivity contribution is 6.35. The topological polar surface area (TPSA) is 69.6 Å². The molecule has 1 aromatic rings. The molecular weight excluding hydrogens is 340 g/mol. The van der Waals surface area contributed by atoms with Gasteiger partial charge in [0.1, 0.15) is 0 Å². The molecule has 5 heteroatoms. The van der Waals surface area contributed by atoms with Gasteiger partial charge in [-0.25, -0.2) is 0 Å². The Kier molecular flexibility index (Phi) is 6.89. The third-order valence-electron chi connectivity index (χ3n) is 6.03. The molecule has 1 aliphatic heterocycles. The third-order valence-corrected chi connectivity index (χ3v) is 6.03. The summed E-state index contributed by atoms with van der Waals surface area (Å²) in [6.45, 7) is 2.68. The van der Waals surface area contributed by atoms with Gasteiger partial charge in [-0.1, -0.05) is 25.1 Å². The van der Waals surface area contributed by atoms with E-state index in [-0.39, 0.29) is 18.7 Å². The molecule has 2 unspecified atom stereocenters. The first-order valence-electron chi connectivity index (χ1n) is 10.5. The maximum Gasteiger partial charge on any atom is 0.312 e. The summed E-state index contributed by atoms with van der Waals surface area (Å²) in [5.74, 6) is -0.978. The van der Waals surface area contributed by atoms with Gasteiger partial charge in [0, 0.05) is 19.2 Å². The second kappa shape index (κ2) is 9.36. The molecule has 0 bridgehead atoms. The number of carbonyl (C=O) groups excluding carboxylic acids is 2. The zero-order chi connectivity index (χ0) is 19.2. The minimum absolute atomic E-state index is 0.0224. The molecule has 1 saturated heterocycles.